The van der Waals surface area contributed by atoms with E-state index in [1.807, 2.05) is 6.07 Å². The summed E-state index contributed by atoms with van der Waals surface area (Å²) in [6.45, 7) is 0.325. The Bertz CT molecular complexity index is 317. The summed E-state index contributed by atoms with van der Waals surface area (Å²) in [5, 5.41) is 8.60. The van der Waals surface area contributed by atoms with Crippen LogP contribution in [0.3, 0.4) is 0 Å². The summed E-state index contributed by atoms with van der Waals surface area (Å²) in [4.78, 5) is 0. The molecule has 0 amide bonds. The SMILES string of the molecule is COc1cc(OC)c(CNO)cc1Br. The molecule has 0 aliphatic rings. The first-order chi connectivity index (χ1) is 6.72. The fourth-order valence-corrected chi connectivity index (χ4v) is 1.70. The quantitative estimate of drug-likeness (QED) is 0.814. The van der Waals surface area contributed by atoms with E-state index >= 15 is 0 Å². The van der Waals surface area contributed by atoms with Crippen molar-refractivity contribution in [2.24, 2.45) is 0 Å². The maximum absolute atomic E-state index is 8.60. The van der Waals surface area contributed by atoms with Gasteiger partial charge in [0.2, 0.25) is 0 Å². The predicted molar refractivity (Wildman–Crippen MR) is 55.9 cm³/mol. The Labute approximate surface area is 90.9 Å². The van der Waals surface area contributed by atoms with E-state index in [-0.39, 0.29) is 0 Å². The van der Waals surface area contributed by atoms with E-state index in [9.17, 15) is 0 Å². The van der Waals surface area contributed by atoms with Gasteiger partial charge in [-0.15, -0.1) is 0 Å². The molecule has 0 aromatic heterocycles. The summed E-state index contributed by atoms with van der Waals surface area (Å²) in [5.41, 5.74) is 2.93. The number of benzene rings is 1. The molecule has 0 saturated carbocycles. The summed E-state index contributed by atoms with van der Waals surface area (Å²) in [7, 11) is 3.16. The van der Waals surface area contributed by atoms with Gasteiger partial charge in [-0.2, -0.15) is 0 Å². The Kier molecular flexibility index (Phi) is 4.19. The van der Waals surface area contributed by atoms with E-state index in [0.29, 0.717) is 18.0 Å². The van der Waals surface area contributed by atoms with Gasteiger partial charge in [0.05, 0.1) is 18.7 Å². The van der Waals surface area contributed by atoms with Gasteiger partial charge in [0.1, 0.15) is 11.5 Å². The maximum Gasteiger partial charge on any atom is 0.136 e. The van der Waals surface area contributed by atoms with Crippen LogP contribution in [0.2, 0.25) is 0 Å². The molecule has 0 radical (unpaired) electrons. The minimum atomic E-state index is 0.325. The highest BCUT2D eigenvalue weighted by Crippen LogP contribution is 2.32. The number of halogens is 1. The summed E-state index contributed by atoms with van der Waals surface area (Å²) in [6, 6.07) is 3.59. The lowest BCUT2D eigenvalue weighted by atomic mass is 10.2. The van der Waals surface area contributed by atoms with Crippen LogP contribution in [-0.2, 0) is 6.54 Å². The zero-order valence-electron chi connectivity index (χ0n) is 8.00. The topological polar surface area (TPSA) is 50.7 Å². The summed E-state index contributed by atoms with van der Waals surface area (Å²) >= 11 is 3.35. The highest BCUT2D eigenvalue weighted by Gasteiger charge is 2.08. The first-order valence-electron chi connectivity index (χ1n) is 4.00. The monoisotopic (exact) mass is 261 g/mol. The lowest BCUT2D eigenvalue weighted by molar-refractivity contribution is 0.160. The first kappa shape index (κ1) is 11.3. The average Bonchev–Trinajstić information content (AvgIpc) is 2.19. The molecule has 1 aromatic carbocycles. The van der Waals surface area contributed by atoms with E-state index in [2.05, 4.69) is 21.4 Å². The van der Waals surface area contributed by atoms with Crippen molar-refractivity contribution in [3.8, 4) is 11.5 Å². The molecular weight excluding hydrogens is 250 g/mol. The van der Waals surface area contributed by atoms with Crippen molar-refractivity contribution in [1.29, 1.82) is 0 Å². The van der Waals surface area contributed by atoms with Crippen molar-refractivity contribution in [3.63, 3.8) is 0 Å². The fraction of sp³-hybridized carbons (Fsp3) is 0.333. The molecule has 0 spiro atoms. The van der Waals surface area contributed by atoms with E-state index in [1.165, 1.54) is 0 Å². The largest absolute Gasteiger partial charge is 0.496 e. The molecule has 2 N–H and O–H groups in total. The molecule has 5 heteroatoms. The summed E-state index contributed by atoms with van der Waals surface area (Å²) in [6.07, 6.45) is 0. The fourth-order valence-electron chi connectivity index (χ4n) is 1.15. The number of methoxy groups -OCH3 is 2. The van der Waals surface area contributed by atoms with Gasteiger partial charge in [0.15, 0.2) is 0 Å². The van der Waals surface area contributed by atoms with Crippen LogP contribution in [0.1, 0.15) is 5.56 Å². The van der Waals surface area contributed by atoms with Gasteiger partial charge in [-0.1, -0.05) is 0 Å². The van der Waals surface area contributed by atoms with Gasteiger partial charge >= 0.3 is 0 Å². The van der Waals surface area contributed by atoms with Crippen molar-refractivity contribution in [2.75, 3.05) is 14.2 Å². The molecule has 1 aromatic rings. The smallest absolute Gasteiger partial charge is 0.136 e. The third kappa shape index (κ3) is 2.37. The van der Waals surface area contributed by atoms with Crippen LogP contribution in [0, 0.1) is 0 Å². The van der Waals surface area contributed by atoms with Gasteiger partial charge in [0, 0.05) is 18.2 Å². The zero-order chi connectivity index (χ0) is 10.6. The number of hydroxylamine groups is 1. The van der Waals surface area contributed by atoms with Gasteiger partial charge in [0.25, 0.3) is 0 Å². The molecular formula is C9H12BrNO3. The molecule has 0 aliphatic heterocycles. The second-order valence-corrected chi connectivity index (χ2v) is 3.49. The molecule has 78 valence electrons. The minimum Gasteiger partial charge on any atom is -0.496 e. The van der Waals surface area contributed by atoms with Crippen LogP contribution in [0.25, 0.3) is 0 Å². The molecule has 0 atom stereocenters. The third-order valence-corrected chi connectivity index (χ3v) is 2.44. The molecule has 14 heavy (non-hydrogen) atoms. The molecule has 0 aliphatic carbocycles. The van der Waals surface area contributed by atoms with Crippen LogP contribution in [-0.4, -0.2) is 19.4 Å². The first-order valence-corrected chi connectivity index (χ1v) is 4.79. The number of hydrogen-bond donors (Lipinski definition) is 2. The maximum atomic E-state index is 8.60. The summed E-state index contributed by atoms with van der Waals surface area (Å²) in [5.74, 6) is 1.37. The molecule has 0 heterocycles. The number of hydrogen-bond acceptors (Lipinski definition) is 4. The number of rotatable bonds is 4. The Balaban J connectivity index is 3.10. The lowest BCUT2D eigenvalue weighted by Crippen LogP contribution is -2.07. The van der Waals surface area contributed by atoms with Crippen molar-refractivity contribution in [1.82, 2.24) is 5.48 Å². The molecule has 0 unspecified atom stereocenters. The van der Waals surface area contributed by atoms with Crippen molar-refractivity contribution >= 4 is 15.9 Å². The van der Waals surface area contributed by atoms with Gasteiger partial charge in [-0.05, 0) is 22.0 Å². The highest BCUT2D eigenvalue weighted by atomic mass is 79.9. The van der Waals surface area contributed by atoms with Crippen molar-refractivity contribution in [3.05, 3.63) is 22.2 Å². The lowest BCUT2D eigenvalue weighted by Gasteiger charge is -2.11. The minimum absolute atomic E-state index is 0.325. The van der Waals surface area contributed by atoms with E-state index < -0.39 is 0 Å². The summed E-state index contributed by atoms with van der Waals surface area (Å²) < 4.78 is 11.1. The molecule has 4 nitrogen and oxygen atoms in total. The van der Waals surface area contributed by atoms with E-state index in [1.54, 1.807) is 20.3 Å². The van der Waals surface area contributed by atoms with Crippen LogP contribution in [0.4, 0.5) is 0 Å². The van der Waals surface area contributed by atoms with Crippen molar-refractivity contribution < 1.29 is 14.7 Å². The standard InChI is InChI=1S/C9H12BrNO3/c1-13-8-4-9(14-2)7(10)3-6(8)5-11-12/h3-4,11-12H,5H2,1-2H3. The van der Waals surface area contributed by atoms with Crippen LogP contribution in [0.15, 0.2) is 16.6 Å². The molecule has 0 bridgehead atoms. The Morgan fingerprint density at radius 3 is 2.43 bits per heavy atom. The van der Waals surface area contributed by atoms with E-state index in [4.69, 9.17) is 14.7 Å². The second-order valence-electron chi connectivity index (χ2n) is 2.63. The number of nitrogens with one attached hydrogen (secondary N) is 1. The molecule has 1 rings (SSSR count). The second kappa shape index (κ2) is 5.19. The molecule has 0 fully saturated rings. The van der Waals surface area contributed by atoms with Gasteiger partial charge < -0.3 is 14.7 Å². The Hall–Kier alpha value is -0.780. The Morgan fingerprint density at radius 1 is 1.29 bits per heavy atom. The van der Waals surface area contributed by atoms with Crippen molar-refractivity contribution in [2.45, 2.75) is 6.54 Å². The van der Waals surface area contributed by atoms with Crippen LogP contribution in [0.5, 0.6) is 11.5 Å². The van der Waals surface area contributed by atoms with Gasteiger partial charge in [-0.3, -0.25) is 0 Å². The normalized spacial score (nSPS) is 10.0. The van der Waals surface area contributed by atoms with Crippen LogP contribution < -0.4 is 15.0 Å². The molecule has 0 saturated heterocycles. The average molecular weight is 262 g/mol. The predicted octanol–water partition coefficient (Wildman–Crippen LogP) is 1.95. The van der Waals surface area contributed by atoms with Crippen LogP contribution >= 0.6 is 15.9 Å². The van der Waals surface area contributed by atoms with E-state index in [0.717, 1.165) is 10.0 Å². The number of ether oxygens (including phenoxy) is 2. The third-order valence-electron chi connectivity index (χ3n) is 1.82. The Morgan fingerprint density at radius 2 is 1.93 bits per heavy atom. The van der Waals surface area contributed by atoms with Gasteiger partial charge in [-0.25, -0.2) is 5.48 Å². The highest BCUT2D eigenvalue weighted by molar-refractivity contribution is 9.10. The zero-order valence-corrected chi connectivity index (χ0v) is 9.59.